The third-order valence-electron chi connectivity index (χ3n) is 8.89. The Bertz CT molecular complexity index is 793. The summed E-state index contributed by atoms with van der Waals surface area (Å²) in [5, 5.41) is 3.41. The van der Waals surface area contributed by atoms with Crippen LogP contribution in [0.15, 0.2) is 40.7 Å². The molecule has 0 aromatic carbocycles. The number of nitrogens with one attached hydrogen (secondary N) is 1. The van der Waals surface area contributed by atoms with Crippen molar-refractivity contribution in [2.24, 2.45) is 22.2 Å². The van der Waals surface area contributed by atoms with Crippen molar-refractivity contribution in [3.63, 3.8) is 0 Å². The number of Topliss-reactive ketones (excluding diaryl/α,β-unsaturated/α-hetero) is 1. The Labute approximate surface area is 250 Å². The van der Waals surface area contributed by atoms with Crippen molar-refractivity contribution in [2.45, 2.75) is 140 Å². The van der Waals surface area contributed by atoms with E-state index in [-0.39, 0.29) is 0 Å². The minimum atomic E-state index is 0.307. The van der Waals surface area contributed by atoms with Gasteiger partial charge in [-0.05, 0) is 102 Å². The van der Waals surface area contributed by atoms with Crippen molar-refractivity contribution in [2.75, 3.05) is 26.2 Å². The van der Waals surface area contributed by atoms with Gasteiger partial charge in [-0.25, -0.2) is 0 Å². The van der Waals surface area contributed by atoms with Gasteiger partial charge in [0.15, 0.2) is 0 Å². The van der Waals surface area contributed by atoms with Crippen molar-refractivity contribution in [1.82, 2.24) is 10.2 Å². The number of allylic oxidation sites excluding steroid dienone is 4. The van der Waals surface area contributed by atoms with Crippen LogP contribution in [0.25, 0.3) is 0 Å². The zero-order valence-electron chi connectivity index (χ0n) is 28.4. The molecule has 1 unspecified atom stereocenters. The van der Waals surface area contributed by atoms with Gasteiger partial charge in [-0.3, -0.25) is 4.99 Å². The molecule has 1 atom stereocenters. The number of hydrogen-bond acceptors (Lipinski definition) is 4. The van der Waals surface area contributed by atoms with Crippen LogP contribution in [0.5, 0.6) is 0 Å². The summed E-state index contributed by atoms with van der Waals surface area (Å²) < 4.78 is 0. The van der Waals surface area contributed by atoms with E-state index in [0.717, 1.165) is 68.9 Å². The standard InChI is InChI=1S/C18H31N3.C10H18.C6H12O.C2H6/c1-7-14(4)17(8-2)18(15(5)20-9-3)16(6)21-12-10-19-11-13-21;1-2-5-10-6-3-9(8-10)4-7-10;1-3-4-5-6(2)7;1-2/h8-9,14,19H,3,7,10-13H2,1-2,4-6H3;9H,2-8H2,1H3;3-5H2,1-2H3;1-2H3/b17-8-,18-16-,20-15?;;;. The molecule has 0 radical (unpaired) electrons. The van der Waals surface area contributed by atoms with E-state index in [1.807, 2.05) is 13.8 Å². The fourth-order valence-corrected chi connectivity index (χ4v) is 6.55. The van der Waals surface area contributed by atoms with E-state index in [9.17, 15) is 4.79 Å². The van der Waals surface area contributed by atoms with E-state index in [0.29, 0.717) is 11.7 Å². The lowest BCUT2D eigenvalue weighted by Gasteiger charge is -2.33. The van der Waals surface area contributed by atoms with E-state index in [2.05, 4.69) is 76.3 Å². The molecular weight excluding hydrogens is 490 g/mol. The fourth-order valence-electron chi connectivity index (χ4n) is 6.55. The summed E-state index contributed by atoms with van der Waals surface area (Å²) in [4.78, 5) is 17.1. The minimum absolute atomic E-state index is 0.307. The molecule has 1 heterocycles. The maximum absolute atomic E-state index is 10.2. The summed E-state index contributed by atoms with van der Waals surface area (Å²) in [6, 6.07) is 0. The van der Waals surface area contributed by atoms with Crippen molar-refractivity contribution >= 4 is 11.5 Å². The predicted molar refractivity (Wildman–Crippen MR) is 179 cm³/mol. The average Bonchev–Trinajstić information content (AvgIpc) is 3.57. The highest BCUT2D eigenvalue weighted by Crippen LogP contribution is 2.56. The molecule has 1 N–H and O–H groups in total. The number of rotatable bonds is 11. The first-order valence-electron chi connectivity index (χ1n) is 16.7. The summed E-state index contributed by atoms with van der Waals surface area (Å²) in [7, 11) is 0. The first-order chi connectivity index (χ1) is 19.2. The van der Waals surface area contributed by atoms with Gasteiger partial charge in [0.05, 0.1) is 0 Å². The summed E-state index contributed by atoms with van der Waals surface area (Å²) >= 11 is 0. The van der Waals surface area contributed by atoms with Gasteiger partial charge < -0.3 is 15.0 Å². The number of fused-ring (bicyclic) bond motifs is 2. The number of unbranched alkanes of at least 4 members (excludes halogenated alkanes) is 1. The van der Waals surface area contributed by atoms with E-state index in [4.69, 9.17) is 0 Å². The molecule has 0 amide bonds. The largest absolute Gasteiger partial charge is 0.372 e. The molecule has 3 fully saturated rings. The van der Waals surface area contributed by atoms with Crippen molar-refractivity contribution in [3.8, 4) is 0 Å². The third-order valence-corrected chi connectivity index (χ3v) is 8.89. The molecule has 0 spiro atoms. The van der Waals surface area contributed by atoms with Crippen molar-refractivity contribution in [1.29, 1.82) is 0 Å². The summed E-state index contributed by atoms with van der Waals surface area (Å²) in [5.74, 6) is 1.99. The first-order valence-corrected chi connectivity index (χ1v) is 16.7. The van der Waals surface area contributed by atoms with Crippen molar-refractivity contribution in [3.05, 3.63) is 35.7 Å². The number of carbonyl (C=O) groups excluding carboxylic acids is 1. The highest BCUT2D eigenvalue weighted by Gasteiger charge is 2.43. The van der Waals surface area contributed by atoms with Crippen LogP contribution in [0.1, 0.15) is 140 Å². The molecular formula is C36H67N3O. The van der Waals surface area contributed by atoms with Gasteiger partial charge in [0, 0.05) is 55.8 Å². The smallest absolute Gasteiger partial charge is 0.129 e. The molecule has 2 aliphatic carbocycles. The van der Waals surface area contributed by atoms with Crippen LogP contribution in [-0.4, -0.2) is 42.6 Å². The molecule has 0 aromatic heterocycles. The fraction of sp³-hybridized carbons (Fsp3) is 0.778. The maximum Gasteiger partial charge on any atom is 0.129 e. The van der Waals surface area contributed by atoms with Crippen LogP contribution in [0, 0.1) is 17.3 Å². The van der Waals surface area contributed by atoms with Crippen LogP contribution in [0.3, 0.4) is 0 Å². The molecule has 0 aromatic rings. The zero-order chi connectivity index (χ0) is 30.6. The highest BCUT2D eigenvalue weighted by molar-refractivity contribution is 6.03. The summed E-state index contributed by atoms with van der Waals surface area (Å²) in [5.41, 5.74) is 5.96. The maximum atomic E-state index is 10.2. The van der Waals surface area contributed by atoms with E-state index in [1.165, 1.54) is 29.7 Å². The topological polar surface area (TPSA) is 44.7 Å². The molecule has 3 aliphatic rings. The third kappa shape index (κ3) is 13.3. The molecule has 4 heteroatoms. The Morgan fingerprint density at radius 3 is 2.05 bits per heavy atom. The molecule has 2 saturated carbocycles. The zero-order valence-corrected chi connectivity index (χ0v) is 28.4. The van der Waals surface area contributed by atoms with Gasteiger partial charge in [0.2, 0.25) is 0 Å². The Hall–Kier alpha value is -1.68. The Balaban J connectivity index is 0.000000655. The highest BCUT2D eigenvalue weighted by atomic mass is 16.1. The van der Waals surface area contributed by atoms with Gasteiger partial charge in [0.25, 0.3) is 0 Å². The quantitative estimate of drug-likeness (QED) is 0.203. The lowest BCUT2D eigenvalue weighted by atomic mass is 9.80. The lowest BCUT2D eigenvalue weighted by molar-refractivity contribution is -0.117. The van der Waals surface area contributed by atoms with Gasteiger partial charge in [-0.2, -0.15) is 0 Å². The second-order valence-electron chi connectivity index (χ2n) is 11.9. The van der Waals surface area contributed by atoms with Gasteiger partial charge >= 0.3 is 0 Å². The molecule has 3 rings (SSSR count). The van der Waals surface area contributed by atoms with E-state index < -0.39 is 0 Å². The SMILES string of the molecule is C=CN=C(C)C(/C(=C\C)C(C)CC)=C(\C)N1CCNCC1.CC.CCCC12CCC(CC1)C2.CCCCC(C)=O. The number of ketones is 1. The first kappa shape index (κ1) is 38.3. The van der Waals surface area contributed by atoms with Crippen LogP contribution >= 0.6 is 0 Å². The molecule has 2 bridgehead atoms. The second kappa shape index (κ2) is 22.0. The number of hydrogen-bond donors (Lipinski definition) is 1. The Morgan fingerprint density at radius 1 is 1.07 bits per heavy atom. The lowest BCUT2D eigenvalue weighted by Crippen LogP contribution is -2.43. The van der Waals surface area contributed by atoms with Gasteiger partial charge in [0.1, 0.15) is 5.78 Å². The Morgan fingerprint density at radius 2 is 1.68 bits per heavy atom. The number of aliphatic imine (C=N–C) groups is 1. The molecule has 40 heavy (non-hydrogen) atoms. The summed E-state index contributed by atoms with van der Waals surface area (Å²) in [6.45, 7) is 29.0. The summed E-state index contributed by atoms with van der Waals surface area (Å²) in [6.07, 6.45) is 18.7. The van der Waals surface area contributed by atoms with Crippen LogP contribution in [-0.2, 0) is 4.79 Å². The predicted octanol–water partition coefficient (Wildman–Crippen LogP) is 9.92. The minimum Gasteiger partial charge on any atom is -0.372 e. The molecule has 1 aliphatic heterocycles. The van der Waals surface area contributed by atoms with Crippen LogP contribution in [0.2, 0.25) is 0 Å². The van der Waals surface area contributed by atoms with Gasteiger partial charge in [-0.15, -0.1) is 0 Å². The van der Waals surface area contributed by atoms with Crippen LogP contribution < -0.4 is 5.32 Å². The van der Waals surface area contributed by atoms with E-state index in [1.54, 1.807) is 45.2 Å². The molecule has 1 saturated heterocycles. The van der Waals surface area contributed by atoms with Crippen LogP contribution in [0.4, 0.5) is 0 Å². The number of carbonyl (C=O) groups is 1. The van der Waals surface area contributed by atoms with Crippen molar-refractivity contribution < 1.29 is 4.79 Å². The molecule has 4 nitrogen and oxygen atoms in total. The Kier molecular flexibility index (Phi) is 21.1. The van der Waals surface area contributed by atoms with Gasteiger partial charge in [-0.1, -0.05) is 67.0 Å². The second-order valence-corrected chi connectivity index (χ2v) is 11.9. The average molecular weight is 558 g/mol. The normalized spacial score (nSPS) is 23.4. The van der Waals surface area contributed by atoms with E-state index >= 15 is 0 Å². The monoisotopic (exact) mass is 558 g/mol. The number of piperazine rings is 1. The molecule has 232 valence electrons. The number of nitrogens with zero attached hydrogens (tertiary/aromatic N) is 2.